The van der Waals surface area contributed by atoms with Gasteiger partial charge in [-0.3, -0.25) is 0 Å². The van der Waals surface area contributed by atoms with Crippen LogP contribution in [0.4, 0.5) is 0 Å². The fourth-order valence-electron chi connectivity index (χ4n) is 2.72. The van der Waals surface area contributed by atoms with Crippen molar-refractivity contribution in [1.82, 2.24) is 0 Å². The molecule has 0 radical (unpaired) electrons. The van der Waals surface area contributed by atoms with E-state index in [1.54, 1.807) is 0 Å². The van der Waals surface area contributed by atoms with Gasteiger partial charge < -0.3 is 42.0 Å². The molecule has 0 fully saturated rings. The van der Waals surface area contributed by atoms with Gasteiger partial charge in [0.15, 0.2) is 0 Å². The summed E-state index contributed by atoms with van der Waals surface area (Å²) in [5.74, 6) is 0. The van der Waals surface area contributed by atoms with Crippen LogP contribution in [0.1, 0.15) is 33.4 Å². The molecule has 4 aromatic rings. The molecule has 0 aliphatic heterocycles. The first-order valence-corrected chi connectivity index (χ1v) is 9.57. The fourth-order valence-corrected chi connectivity index (χ4v) is 2.72. The predicted molar refractivity (Wildman–Crippen MR) is 124 cm³/mol. The summed E-state index contributed by atoms with van der Waals surface area (Å²) in [7, 11) is 0. The first kappa shape index (κ1) is 23.4. The van der Waals surface area contributed by atoms with Gasteiger partial charge in [-0.25, -0.2) is 0 Å². The molecule has 156 valence electrons. The zero-order valence-corrected chi connectivity index (χ0v) is 17.9. The molecular formula is C28H20FeN2-6. The maximum Gasteiger partial charge on any atom is 0.0991 e. The van der Waals surface area contributed by atoms with Gasteiger partial charge in [0.25, 0.3) is 0 Å². The van der Waals surface area contributed by atoms with Crippen LogP contribution in [0.3, 0.4) is 0 Å². The third-order valence-electron chi connectivity index (χ3n) is 4.39. The van der Waals surface area contributed by atoms with Gasteiger partial charge in [0, 0.05) is 17.1 Å². The zero-order chi connectivity index (χ0) is 21.0. The van der Waals surface area contributed by atoms with Crippen molar-refractivity contribution >= 4 is 24.3 Å². The van der Waals surface area contributed by atoms with Gasteiger partial charge in [0.1, 0.15) is 0 Å². The molecule has 0 unspecified atom stereocenters. The van der Waals surface area contributed by atoms with Crippen LogP contribution < -0.4 is 0 Å². The summed E-state index contributed by atoms with van der Waals surface area (Å²) in [6, 6.07) is 35.5. The van der Waals surface area contributed by atoms with Crippen molar-refractivity contribution < 1.29 is 17.1 Å². The molecule has 0 N–H and O–H groups in total. The van der Waals surface area contributed by atoms with Crippen LogP contribution in [-0.2, 0) is 17.1 Å². The minimum absolute atomic E-state index is 0. The molecule has 0 saturated carbocycles. The Labute approximate surface area is 194 Å². The van der Waals surface area contributed by atoms with E-state index in [1.807, 2.05) is 84.9 Å². The van der Waals surface area contributed by atoms with Gasteiger partial charge in [-0.05, 0) is 24.3 Å². The van der Waals surface area contributed by atoms with E-state index < -0.39 is 0 Å². The molecule has 0 bridgehead atoms. The summed E-state index contributed by atoms with van der Waals surface area (Å²) in [5.41, 5.74) is 5.99. The van der Waals surface area contributed by atoms with Gasteiger partial charge in [-0.15, -0.1) is 29.8 Å². The van der Waals surface area contributed by atoms with E-state index in [1.165, 1.54) is 11.1 Å². The Balaban J connectivity index is 0.000000213. The number of hydrogen-bond donors (Lipinski definition) is 0. The first-order valence-electron chi connectivity index (χ1n) is 9.57. The topological polar surface area (TPSA) is 47.6 Å². The van der Waals surface area contributed by atoms with Crippen molar-refractivity contribution in [2.24, 2.45) is 0 Å². The van der Waals surface area contributed by atoms with E-state index in [9.17, 15) is 0 Å². The molecule has 4 rings (SSSR count). The quantitative estimate of drug-likeness (QED) is 0.256. The van der Waals surface area contributed by atoms with Crippen LogP contribution in [0.25, 0.3) is 24.3 Å². The van der Waals surface area contributed by atoms with Crippen molar-refractivity contribution in [3.05, 3.63) is 130 Å². The van der Waals surface area contributed by atoms with E-state index in [4.69, 9.17) is 10.5 Å². The maximum atomic E-state index is 8.64. The van der Waals surface area contributed by atoms with Crippen LogP contribution >= 0.6 is 0 Å². The van der Waals surface area contributed by atoms with Gasteiger partial charge >= 0.3 is 0 Å². The molecule has 0 aromatic heterocycles. The van der Waals surface area contributed by atoms with Crippen molar-refractivity contribution in [3.8, 4) is 12.1 Å². The predicted octanol–water partition coefficient (Wildman–Crippen LogP) is 6.89. The van der Waals surface area contributed by atoms with E-state index in [2.05, 4.69) is 48.6 Å². The molecule has 2 nitrogen and oxygen atoms in total. The number of rotatable bonds is 4. The molecule has 0 heterocycles. The minimum Gasteiger partial charge on any atom is -0.686 e. The van der Waals surface area contributed by atoms with E-state index in [0.29, 0.717) is 11.1 Å². The SMILES string of the molecule is N#Cc1ccc(C=C[c-]2[cH-][cH-][cH-][cH-]2)cc1.N#Cc1ccc(C=C[c-]2cccc2)cc1.[Fe]. The third-order valence-corrected chi connectivity index (χ3v) is 4.39. The van der Waals surface area contributed by atoms with Crippen LogP contribution in [0.15, 0.2) is 97.1 Å². The fraction of sp³-hybridized carbons (Fsp3) is 0. The zero-order valence-electron chi connectivity index (χ0n) is 16.8. The number of nitrogens with zero attached hydrogens (tertiary/aromatic N) is 2. The Hall–Kier alpha value is -3.88. The summed E-state index contributed by atoms with van der Waals surface area (Å²) in [6.07, 6.45) is 8.19. The molecule has 4 aromatic carbocycles. The maximum absolute atomic E-state index is 8.64. The molecule has 31 heavy (non-hydrogen) atoms. The normalized spacial score (nSPS) is 10.0. The Bertz CT molecular complexity index is 1070. The average Bonchev–Trinajstić information content (AvgIpc) is 3.52. The molecular weight excluding hydrogens is 420 g/mol. The van der Waals surface area contributed by atoms with Crippen molar-refractivity contribution in [2.75, 3.05) is 0 Å². The van der Waals surface area contributed by atoms with Crippen LogP contribution in [0.2, 0.25) is 0 Å². The van der Waals surface area contributed by atoms with Crippen molar-refractivity contribution in [3.63, 3.8) is 0 Å². The summed E-state index contributed by atoms with van der Waals surface area (Å²) >= 11 is 0. The Morgan fingerprint density at radius 2 is 1.13 bits per heavy atom. The first-order chi connectivity index (χ1) is 14.8. The second kappa shape index (κ2) is 12.6. The summed E-state index contributed by atoms with van der Waals surface area (Å²) < 4.78 is 0. The van der Waals surface area contributed by atoms with E-state index in [-0.39, 0.29) is 17.1 Å². The van der Waals surface area contributed by atoms with Gasteiger partial charge in [-0.1, -0.05) is 29.8 Å². The van der Waals surface area contributed by atoms with Gasteiger partial charge in [-0.2, -0.15) is 28.2 Å². The molecule has 0 amide bonds. The number of hydrogen-bond acceptors (Lipinski definition) is 2. The minimum atomic E-state index is 0. The molecule has 0 aliphatic carbocycles. The largest absolute Gasteiger partial charge is 0.686 e. The molecule has 3 heteroatoms. The van der Waals surface area contributed by atoms with E-state index in [0.717, 1.165) is 11.1 Å². The third kappa shape index (κ3) is 7.81. The van der Waals surface area contributed by atoms with Crippen molar-refractivity contribution in [1.29, 1.82) is 10.5 Å². The summed E-state index contributed by atoms with van der Waals surface area (Å²) in [4.78, 5) is 0. The monoisotopic (exact) mass is 440 g/mol. The Kier molecular flexibility index (Phi) is 9.54. The molecule has 0 atom stereocenters. The molecule has 0 saturated heterocycles. The second-order valence-electron chi connectivity index (χ2n) is 6.57. The number of benzene rings is 2. The second-order valence-corrected chi connectivity index (χ2v) is 6.57. The smallest absolute Gasteiger partial charge is 0.0991 e. The van der Waals surface area contributed by atoms with Crippen LogP contribution in [-0.4, -0.2) is 0 Å². The standard InChI is InChI=1S/2C14H10N.Fe/c2*15-11-14-9-7-13(8-10-14)6-5-12-3-1-2-4-12;/h2*1-10H;/q-5;-1;. The van der Waals surface area contributed by atoms with Crippen molar-refractivity contribution in [2.45, 2.75) is 0 Å². The van der Waals surface area contributed by atoms with E-state index >= 15 is 0 Å². The Morgan fingerprint density at radius 3 is 1.58 bits per heavy atom. The van der Waals surface area contributed by atoms with Crippen LogP contribution in [0.5, 0.6) is 0 Å². The summed E-state index contributed by atoms with van der Waals surface area (Å²) in [6.45, 7) is 0. The van der Waals surface area contributed by atoms with Gasteiger partial charge in [0.05, 0.1) is 23.3 Å². The average molecular weight is 440 g/mol. The molecule has 0 spiro atoms. The molecule has 0 aliphatic rings. The van der Waals surface area contributed by atoms with Crippen LogP contribution in [0, 0.1) is 22.7 Å². The Morgan fingerprint density at radius 1 is 0.677 bits per heavy atom. The van der Waals surface area contributed by atoms with Gasteiger partial charge in [0.2, 0.25) is 0 Å². The number of nitriles is 2. The summed E-state index contributed by atoms with van der Waals surface area (Å²) in [5, 5.41) is 17.3.